The molecule has 0 saturated carbocycles. The number of hydrogen-bond donors (Lipinski definition) is 0. The van der Waals surface area contributed by atoms with Gasteiger partial charge in [0, 0.05) is 16.3 Å². The minimum Gasteiger partial charge on any atom is -0.327 e. The lowest BCUT2D eigenvalue weighted by atomic mass is 10.0. The Morgan fingerprint density at radius 1 is 0.789 bits per heavy atom. The van der Waals surface area contributed by atoms with Crippen molar-refractivity contribution in [2.75, 3.05) is 21.1 Å². The Hall–Kier alpha value is -1.93. The fraction of sp³-hybridized carbons (Fsp3) is 0.235. The normalized spacial score (nSPS) is 12.2. The third-order valence-electron chi connectivity index (χ3n) is 3.33. The second-order valence-corrected chi connectivity index (χ2v) is 6.07. The van der Waals surface area contributed by atoms with Crippen LogP contribution in [0.5, 0.6) is 0 Å². The second-order valence-electron chi connectivity index (χ2n) is 6.07. The minimum absolute atomic E-state index is 0.915. The van der Waals surface area contributed by atoms with E-state index in [1.165, 1.54) is 16.3 Å². The summed E-state index contributed by atoms with van der Waals surface area (Å²) in [5.41, 5.74) is 3.57. The van der Waals surface area contributed by atoms with Gasteiger partial charge in [-0.2, -0.15) is 0 Å². The van der Waals surface area contributed by atoms with Crippen molar-refractivity contribution in [2.24, 2.45) is 0 Å². The Morgan fingerprint density at radius 3 is 1.74 bits per heavy atom. The van der Waals surface area contributed by atoms with Crippen molar-refractivity contribution in [3.8, 4) is 0 Å². The SMILES string of the molecule is C[N+](C)(C)Cc1c2ccccc2nc2ccccc12. The Kier molecular flexibility index (Phi) is 2.76. The second kappa shape index (κ2) is 4.32. The summed E-state index contributed by atoms with van der Waals surface area (Å²) in [7, 11) is 6.68. The van der Waals surface area contributed by atoms with Gasteiger partial charge < -0.3 is 4.48 Å². The van der Waals surface area contributed by atoms with Crippen LogP contribution in [0.3, 0.4) is 0 Å². The molecule has 96 valence electrons. The van der Waals surface area contributed by atoms with E-state index in [-0.39, 0.29) is 0 Å². The van der Waals surface area contributed by atoms with Crippen LogP contribution in [0.1, 0.15) is 5.56 Å². The summed E-state index contributed by atoms with van der Waals surface area (Å²) < 4.78 is 0.915. The fourth-order valence-corrected chi connectivity index (χ4v) is 2.57. The van der Waals surface area contributed by atoms with E-state index >= 15 is 0 Å². The zero-order chi connectivity index (χ0) is 13.5. The van der Waals surface area contributed by atoms with E-state index in [0.717, 1.165) is 22.1 Å². The van der Waals surface area contributed by atoms with E-state index in [9.17, 15) is 0 Å². The molecule has 0 amide bonds. The summed E-state index contributed by atoms with van der Waals surface area (Å²) in [5.74, 6) is 0. The monoisotopic (exact) mass is 251 g/mol. The molecule has 0 saturated heterocycles. The van der Waals surface area contributed by atoms with Crippen LogP contribution in [0, 0.1) is 0 Å². The lowest BCUT2D eigenvalue weighted by molar-refractivity contribution is -0.883. The number of benzene rings is 2. The van der Waals surface area contributed by atoms with Gasteiger partial charge in [-0.05, 0) is 12.1 Å². The van der Waals surface area contributed by atoms with Crippen LogP contribution in [0.4, 0.5) is 0 Å². The molecule has 2 heteroatoms. The van der Waals surface area contributed by atoms with Crippen LogP contribution in [-0.2, 0) is 6.54 Å². The van der Waals surface area contributed by atoms with E-state index in [4.69, 9.17) is 4.98 Å². The first-order valence-corrected chi connectivity index (χ1v) is 6.61. The number of pyridine rings is 1. The zero-order valence-corrected chi connectivity index (χ0v) is 11.7. The fourth-order valence-electron chi connectivity index (χ4n) is 2.57. The number of rotatable bonds is 2. The molecular weight excluding hydrogens is 232 g/mol. The number of para-hydroxylation sites is 2. The number of fused-ring (bicyclic) bond motifs is 2. The van der Waals surface area contributed by atoms with E-state index < -0.39 is 0 Å². The van der Waals surface area contributed by atoms with Gasteiger partial charge in [0.2, 0.25) is 0 Å². The van der Waals surface area contributed by atoms with Gasteiger partial charge in [-0.15, -0.1) is 0 Å². The summed E-state index contributed by atoms with van der Waals surface area (Å²) in [4.78, 5) is 4.76. The molecule has 3 rings (SSSR count). The minimum atomic E-state index is 0.915. The van der Waals surface area contributed by atoms with E-state index in [2.05, 4.69) is 69.7 Å². The molecule has 0 unspecified atom stereocenters. The van der Waals surface area contributed by atoms with Crippen molar-refractivity contribution in [2.45, 2.75) is 6.54 Å². The van der Waals surface area contributed by atoms with Crippen LogP contribution in [0.2, 0.25) is 0 Å². The Morgan fingerprint density at radius 2 is 1.26 bits per heavy atom. The molecule has 0 aliphatic carbocycles. The highest BCUT2D eigenvalue weighted by Gasteiger charge is 2.15. The predicted octanol–water partition coefficient (Wildman–Crippen LogP) is 3.59. The van der Waals surface area contributed by atoms with Crippen LogP contribution in [-0.4, -0.2) is 30.6 Å². The van der Waals surface area contributed by atoms with Gasteiger partial charge in [0.1, 0.15) is 6.54 Å². The number of nitrogens with zero attached hydrogens (tertiary/aromatic N) is 2. The van der Waals surface area contributed by atoms with E-state index in [1.54, 1.807) is 0 Å². The molecule has 19 heavy (non-hydrogen) atoms. The largest absolute Gasteiger partial charge is 0.327 e. The van der Waals surface area contributed by atoms with Crippen molar-refractivity contribution < 1.29 is 4.48 Å². The van der Waals surface area contributed by atoms with Crippen molar-refractivity contribution in [3.05, 3.63) is 54.1 Å². The summed E-state index contributed by atoms with van der Waals surface area (Å²) in [6.45, 7) is 1.00. The van der Waals surface area contributed by atoms with Gasteiger partial charge in [0.25, 0.3) is 0 Å². The lowest BCUT2D eigenvalue weighted by Crippen LogP contribution is -2.33. The molecule has 0 bridgehead atoms. The van der Waals surface area contributed by atoms with Gasteiger partial charge >= 0.3 is 0 Å². The first kappa shape index (κ1) is 12.1. The van der Waals surface area contributed by atoms with Gasteiger partial charge in [0.05, 0.1) is 32.2 Å². The molecule has 0 fully saturated rings. The summed E-state index contributed by atoms with van der Waals surface area (Å²) in [6, 6.07) is 16.9. The molecule has 0 aliphatic heterocycles. The Balaban J connectivity index is 2.39. The zero-order valence-electron chi connectivity index (χ0n) is 11.7. The predicted molar refractivity (Wildman–Crippen MR) is 81.0 cm³/mol. The summed E-state index contributed by atoms with van der Waals surface area (Å²) >= 11 is 0. The highest BCUT2D eigenvalue weighted by Crippen LogP contribution is 2.27. The van der Waals surface area contributed by atoms with E-state index in [0.29, 0.717) is 0 Å². The number of aromatic nitrogens is 1. The van der Waals surface area contributed by atoms with E-state index in [1.807, 2.05) is 0 Å². The van der Waals surface area contributed by atoms with Crippen LogP contribution >= 0.6 is 0 Å². The molecule has 0 atom stereocenters. The standard InChI is InChI=1S/C17H19N2/c1-19(2,3)12-15-13-8-4-6-10-16(13)18-17-11-7-5-9-14(15)17/h4-11H,12H2,1-3H3/q+1. The van der Waals surface area contributed by atoms with Crippen molar-refractivity contribution in [1.29, 1.82) is 0 Å². The van der Waals surface area contributed by atoms with Gasteiger partial charge in [-0.1, -0.05) is 36.4 Å². The molecular formula is C17H19N2+. The molecule has 0 N–H and O–H groups in total. The van der Waals surface area contributed by atoms with Crippen LogP contribution < -0.4 is 0 Å². The molecule has 1 heterocycles. The molecule has 2 aromatic carbocycles. The average Bonchev–Trinajstić information content (AvgIpc) is 2.37. The number of hydrogen-bond acceptors (Lipinski definition) is 1. The Bertz CT molecular complexity index is 685. The molecule has 3 aromatic rings. The topological polar surface area (TPSA) is 12.9 Å². The first-order chi connectivity index (χ1) is 9.04. The first-order valence-electron chi connectivity index (χ1n) is 6.61. The summed E-state index contributed by atoms with van der Waals surface area (Å²) in [5, 5.41) is 2.54. The van der Waals surface area contributed by atoms with Gasteiger partial charge in [0.15, 0.2) is 0 Å². The molecule has 0 spiro atoms. The van der Waals surface area contributed by atoms with Crippen molar-refractivity contribution in [3.63, 3.8) is 0 Å². The third-order valence-corrected chi connectivity index (χ3v) is 3.33. The highest BCUT2D eigenvalue weighted by molar-refractivity contribution is 5.97. The summed E-state index contributed by atoms with van der Waals surface area (Å²) in [6.07, 6.45) is 0. The smallest absolute Gasteiger partial charge is 0.105 e. The maximum atomic E-state index is 4.76. The third kappa shape index (κ3) is 2.32. The van der Waals surface area contributed by atoms with Crippen LogP contribution in [0.25, 0.3) is 21.8 Å². The van der Waals surface area contributed by atoms with Crippen molar-refractivity contribution >= 4 is 21.8 Å². The maximum absolute atomic E-state index is 4.76. The molecule has 0 aliphatic rings. The molecule has 1 aromatic heterocycles. The van der Waals surface area contributed by atoms with Gasteiger partial charge in [-0.3, -0.25) is 0 Å². The highest BCUT2D eigenvalue weighted by atomic mass is 15.3. The molecule has 0 radical (unpaired) electrons. The van der Waals surface area contributed by atoms with Crippen molar-refractivity contribution in [1.82, 2.24) is 4.98 Å². The van der Waals surface area contributed by atoms with Gasteiger partial charge in [-0.25, -0.2) is 4.98 Å². The number of quaternary nitrogens is 1. The Labute approximate surface area is 113 Å². The quantitative estimate of drug-likeness (QED) is 0.501. The lowest BCUT2D eigenvalue weighted by Gasteiger charge is -2.25. The van der Waals surface area contributed by atoms with Crippen LogP contribution in [0.15, 0.2) is 48.5 Å². The average molecular weight is 251 g/mol. The maximum Gasteiger partial charge on any atom is 0.105 e. The molecule has 2 nitrogen and oxygen atoms in total.